The molecule has 0 aromatic rings. The van der Waals surface area contributed by atoms with Gasteiger partial charge in [-0.2, -0.15) is 5.26 Å². The average Bonchev–Trinajstić information content (AvgIpc) is 2.28. The molecule has 84 valence electrons. The molecule has 0 saturated carbocycles. The highest BCUT2D eigenvalue weighted by Gasteiger charge is 2.36. The van der Waals surface area contributed by atoms with E-state index in [9.17, 15) is 4.79 Å². The lowest BCUT2D eigenvalue weighted by Crippen LogP contribution is -2.54. The molecule has 1 atom stereocenters. The van der Waals surface area contributed by atoms with Gasteiger partial charge < -0.3 is 14.7 Å². The first-order valence-corrected chi connectivity index (χ1v) is 4.94. The number of morpholine rings is 1. The van der Waals surface area contributed by atoms with Crippen molar-refractivity contribution in [1.82, 2.24) is 4.90 Å². The van der Waals surface area contributed by atoms with Crippen LogP contribution in [0.5, 0.6) is 0 Å². The Morgan fingerprint density at radius 1 is 1.73 bits per heavy atom. The standard InChI is InChI=1S/C10H16N2O3/c1-10(2,7-11)9(14)12-3-4-15-6-8(12)5-13/h8,13H,3-6H2,1-2H3. The third kappa shape index (κ3) is 2.46. The summed E-state index contributed by atoms with van der Waals surface area (Å²) < 4.78 is 5.16. The van der Waals surface area contributed by atoms with E-state index in [0.717, 1.165) is 0 Å². The highest BCUT2D eigenvalue weighted by atomic mass is 16.5. The van der Waals surface area contributed by atoms with E-state index in [0.29, 0.717) is 19.8 Å². The van der Waals surface area contributed by atoms with Crippen LogP contribution in [0.2, 0.25) is 0 Å². The predicted molar refractivity (Wildman–Crippen MR) is 52.8 cm³/mol. The summed E-state index contributed by atoms with van der Waals surface area (Å²) in [6.07, 6.45) is 0. The summed E-state index contributed by atoms with van der Waals surface area (Å²) >= 11 is 0. The number of nitrogens with zero attached hydrogens (tertiary/aromatic N) is 2. The lowest BCUT2D eigenvalue weighted by Gasteiger charge is -2.37. The van der Waals surface area contributed by atoms with Crippen LogP contribution in [0.3, 0.4) is 0 Å². The molecule has 1 rings (SSSR count). The molecule has 1 saturated heterocycles. The Balaban J connectivity index is 2.77. The van der Waals surface area contributed by atoms with Crippen LogP contribution >= 0.6 is 0 Å². The van der Waals surface area contributed by atoms with Gasteiger partial charge in [-0.25, -0.2) is 0 Å². The third-order valence-electron chi connectivity index (χ3n) is 2.51. The van der Waals surface area contributed by atoms with Crippen molar-refractivity contribution in [2.24, 2.45) is 5.41 Å². The van der Waals surface area contributed by atoms with Gasteiger partial charge in [-0.05, 0) is 13.8 Å². The van der Waals surface area contributed by atoms with E-state index >= 15 is 0 Å². The van der Waals surface area contributed by atoms with Crippen LogP contribution in [-0.4, -0.2) is 48.3 Å². The highest BCUT2D eigenvalue weighted by Crippen LogP contribution is 2.20. The summed E-state index contributed by atoms with van der Waals surface area (Å²) in [5.41, 5.74) is -1.04. The van der Waals surface area contributed by atoms with Gasteiger partial charge in [0.1, 0.15) is 5.41 Å². The van der Waals surface area contributed by atoms with Gasteiger partial charge in [-0.1, -0.05) is 0 Å². The minimum Gasteiger partial charge on any atom is -0.394 e. The Labute approximate surface area is 89.2 Å². The second-order valence-corrected chi connectivity index (χ2v) is 4.15. The zero-order chi connectivity index (χ0) is 11.5. The molecule has 1 heterocycles. The number of carbonyl (C=O) groups is 1. The summed E-state index contributed by atoms with van der Waals surface area (Å²) in [7, 11) is 0. The maximum atomic E-state index is 12.0. The molecule has 5 heteroatoms. The summed E-state index contributed by atoms with van der Waals surface area (Å²) in [5.74, 6) is -0.243. The number of rotatable bonds is 2. The second-order valence-electron chi connectivity index (χ2n) is 4.15. The van der Waals surface area contributed by atoms with Gasteiger partial charge in [-0.3, -0.25) is 4.79 Å². The van der Waals surface area contributed by atoms with Crippen molar-refractivity contribution >= 4 is 5.91 Å². The van der Waals surface area contributed by atoms with E-state index in [4.69, 9.17) is 15.1 Å². The highest BCUT2D eigenvalue weighted by molar-refractivity contribution is 5.85. The Morgan fingerprint density at radius 3 is 2.93 bits per heavy atom. The zero-order valence-corrected chi connectivity index (χ0v) is 9.06. The van der Waals surface area contributed by atoms with Gasteiger partial charge in [0.25, 0.3) is 0 Å². The van der Waals surface area contributed by atoms with Crippen LogP contribution in [-0.2, 0) is 9.53 Å². The van der Waals surface area contributed by atoms with Crippen LogP contribution in [0.4, 0.5) is 0 Å². The molecule has 1 N–H and O–H groups in total. The van der Waals surface area contributed by atoms with E-state index < -0.39 is 5.41 Å². The molecule has 0 aromatic heterocycles. The second kappa shape index (κ2) is 4.60. The van der Waals surface area contributed by atoms with Crippen molar-refractivity contribution in [1.29, 1.82) is 5.26 Å². The Kier molecular flexibility index (Phi) is 3.66. The fourth-order valence-electron chi connectivity index (χ4n) is 1.48. The van der Waals surface area contributed by atoms with E-state index in [-0.39, 0.29) is 18.6 Å². The summed E-state index contributed by atoms with van der Waals surface area (Å²) in [6.45, 7) is 4.27. The molecule has 5 nitrogen and oxygen atoms in total. The number of carbonyl (C=O) groups excluding carboxylic acids is 1. The zero-order valence-electron chi connectivity index (χ0n) is 9.06. The average molecular weight is 212 g/mol. The monoisotopic (exact) mass is 212 g/mol. The van der Waals surface area contributed by atoms with Crippen LogP contribution in [0.25, 0.3) is 0 Å². The van der Waals surface area contributed by atoms with Gasteiger partial charge in [-0.15, -0.1) is 0 Å². The first kappa shape index (κ1) is 12.0. The number of aliphatic hydroxyl groups is 1. The van der Waals surface area contributed by atoms with Crippen molar-refractivity contribution in [3.8, 4) is 6.07 Å². The van der Waals surface area contributed by atoms with Crippen molar-refractivity contribution in [2.75, 3.05) is 26.4 Å². The number of hydrogen-bond acceptors (Lipinski definition) is 4. The van der Waals surface area contributed by atoms with Crippen LogP contribution < -0.4 is 0 Å². The number of aliphatic hydroxyl groups excluding tert-OH is 1. The topological polar surface area (TPSA) is 73.6 Å². The molecule has 1 amide bonds. The van der Waals surface area contributed by atoms with E-state index in [2.05, 4.69) is 0 Å². The molecule has 0 aromatic carbocycles. The molecule has 1 aliphatic heterocycles. The molecule has 0 bridgehead atoms. The lowest BCUT2D eigenvalue weighted by atomic mass is 9.93. The molecule has 15 heavy (non-hydrogen) atoms. The van der Waals surface area contributed by atoms with Crippen LogP contribution in [0.1, 0.15) is 13.8 Å². The molecule has 1 fully saturated rings. The number of nitriles is 1. The number of hydrogen-bond donors (Lipinski definition) is 1. The fourth-order valence-corrected chi connectivity index (χ4v) is 1.48. The Morgan fingerprint density at radius 2 is 2.40 bits per heavy atom. The van der Waals surface area contributed by atoms with Crippen molar-refractivity contribution in [2.45, 2.75) is 19.9 Å². The van der Waals surface area contributed by atoms with E-state index in [1.807, 2.05) is 6.07 Å². The van der Waals surface area contributed by atoms with Crippen molar-refractivity contribution in [3.63, 3.8) is 0 Å². The SMILES string of the molecule is CC(C)(C#N)C(=O)N1CCOCC1CO. The Hall–Kier alpha value is -1.12. The first-order valence-electron chi connectivity index (χ1n) is 4.94. The molecular weight excluding hydrogens is 196 g/mol. The molecule has 0 radical (unpaired) electrons. The molecule has 0 spiro atoms. The van der Waals surface area contributed by atoms with Gasteiger partial charge >= 0.3 is 0 Å². The smallest absolute Gasteiger partial charge is 0.242 e. The quantitative estimate of drug-likeness (QED) is 0.685. The molecule has 0 aliphatic carbocycles. The number of ether oxygens (including phenoxy) is 1. The fraction of sp³-hybridized carbons (Fsp3) is 0.800. The van der Waals surface area contributed by atoms with Gasteiger partial charge in [0, 0.05) is 6.54 Å². The lowest BCUT2D eigenvalue weighted by molar-refractivity contribution is -0.148. The Bertz CT molecular complexity index is 283. The largest absolute Gasteiger partial charge is 0.394 e. The maximum Gasteiger partial charge on any atom is 0.242 e. The summed E-state index contributed by atoms with van der Waals surface area (Å²) in [5, 5.41) is 18.0. The van der Waals surface area contributed by atoms with E-state index in [1.165, 1.54) is 4.90 Å². The minimum absolute atomic E-state index is 0.132. The van der Waals surface area contributed by atoms with Crippen molar-refractivity contribution in [3.05, 3.63) is 0 Å². The number of amides is 1. The van der Waals surface area contributed by atoms with Crippen molar-refractivity contribution < 1.29 is 14.6 Å². The molecule has 1 aliphatic rings. The predicted octanol–water partition coefficient (Wildman–Crippen LogP) is -0.244. The van der Waals surface area contributed by atoms with Crippen LogP contribution in [0.15, 0.2) is 0 Å². The van der Waals surface area contributed by atoms with Gasteiger partial charge in [0.15, 0.2) is 0 Å². The normalized spacial score (nSPS) is 22.3. The summed E-state index contributed by atoms with van der Waals surface area (Å²) in [6, 6.07) is 1.65. The summed E-state index contributed by atoms with van der Waals surface area (Å²) in [4.78, 5) is 13.5. The van der Waals surface area contributed by atoms with Gasteiger partial charge in [0.2, 0.25) is 5.91 Å². The van der Waals surface area contributed by atoms with Gasteiger partial charge in [0.05, 0.1) is 31.9 Å². The molecular formula is C10H16N2O3. The maximum absolute atomic E-state index is 12.0. The first-order chi connectivity index (χ1) is 7.03. The van der Waals surface area contributed by atoms with E-state index in [1.54, 1.807) is 13.8 Å². The molecule has 1 unspecified atom stereocenters. The minimum atomic E-state index is -1.04. The van der Waals surface area contributed by atoms with Crippen LogP contribution in [0, 0.1) is 16.7 Å². The third-order valence-corrected chi connectivity index (χ3v) is 2.51.